The van der Waals surface area contributed by atoms with E-state index in [-0.39, 0.29) is 11.6 Å². The minimum absolute atomic E-state index is 0.168. The molecule has 0 saturated carbocycles. The predicted molar refractivity (Wildman–Crippen MR) is 552 cm³/mol. The summed E-state index contributed by atoms with van der Waals surface area (Å²) in [5, 5.41) is 5.60. The molecule has 20 rings (SSSR count). The van der Waals surface area contributed by atoms with Crippen LogP contribution in [0.5, 0.6) is 0 Å². The van der Waals surface area contributed by atoms with E-state index in [1.54, 1.807) is 18.2 Å². The van der Waals surface area contributed by atoms with Crippen molar-refractivity contribution >= 4 is 101 Å². The first-order valence-corrected chi connectivity index (χ1v) is 49.2. The van der Waals surface area contributed by atoms with E-state index in [2.05, 4.69) is 157 Å². The second kappa shape index (κ2) is 47.9. The van der Waals surface area contributed by atoms with Crippen LogP contribution >= 0.6 is 0 Å². The monoisotopic (exact) mass is 1860 g/mol. The van der Waals surface area contributed by atoms with Gasteiger partial charge in [-0.1, -0.05) is 18.2 Å². The van der Waals surface area contributed by atoms with E-state index in [0.29, 0.717) is 17.1 Å². The van der Waals surface area contributed by atoms with Crippen LogP contribution in [0.3, 0.4) is 0 Å². The zero-order valence-electron chi connectivity index (χ0n) is 81.1. The lowest BCUT2D eigenvalue weighted by Gasteiger charge is -2.34. The molecule has 28 nitrogen and oxygen atoms in total. The van der Waals surface area contributed by atoms with E-state index in [9.17, 15) is 8.78 Å². The molecule has 0 bridgehead atoms. The third kappa shape index (κ3) is 26.8. The normalized spacial score (nSPS) is 15.3. The maximum Gasteiger partial charge on any atom is 0.225 e. The van der Waals surface area contributed by atoms with Crippen LogP contribution in [0.15, 0.2) is 171 Å². The van der Waals surface area contributed by atoms with Crippen molar-refractivity contribution in [1.29, 1.82) is 0 Å². The van der Waals surface area contributed by atoms with E-state index in [1.165, 1.54) is 69.0 Å². The Morgan fingerprint density at radius 3 is 0.732 bits per heavy atom. The van der Waals surface area contributed by atoms with E-state index >= 15 is 0 Å². The van der Waals surface area contributed by atoms with Gasteiger partial charge < -0.3 is 49.4 Å². The molecule has 30 heteroatoms. The number of aryl methyl sites for hydroxylation is 12. The first-order valence-electron chi connectivity index (χ1n) is 49.2. The lowest BCUT2D eigenvalue weighted by molar-refractivity contribution is 0.252. The quantitative estimate of drug-likeness (QED) is 0.0226. The molecule has 10 aromatic heterocycles. The Morgan fingerprint density at radius 2 is 0.478 bits per heavy atom. The van der Waals surface area contributed by atoms with Crippen molar-refractivity contribution in [2.45, 2.75) is 132 Å². The summed E-state index contributed by atoms with van der Waals surface area (Å²) in [6, 6.07) is 37.3. The predicted octanol–water partition coefficient (Wildman–Crippen LogP) is 18.8. The summed E-state index contributed by atoms with van der Waals surface area (Å²) in [6.07, 6.45) is 30.1. The van der Waals surface area contributed by atoms with Gasteiger partial charge in [0.2, 0.25) is 29.7 Å². The standard InChI is InChI=1S/C23H28N6.2C22H26N6.C21H26FN5.C20H24FN5/c1-17-14-18(2)27-23(26-17)29-12-10-28(11-13-29)9-5-4-6-19-16-25-22-8-7-20(24-3)15-21(19)22;1-16-13-17(2)26-22(25-16)28-11-9-27(10-12-28)8-4-5-18-15-24-21-7-6-19(23-3)14-20(18)21;1-17-8-9-24-22(26-17)28-13-11-27(12-14-28)10-4-3-5-18-16-25-21-7-6-19(23-2)15-20(18)21;1-16-7-8-23-21(25-16)27-12-10-26(11-13-27)9-3-2-4-17-15-24-20-6-5-18(22)14-19(17)20;1-15-6-7-22-20(24-15)26-11-9-25(10-12-26)8-2-3-16-14-23-19-5-4-17(21)13-18(16)19/h7-8,14-16,25H,4-6,9-13H2,1-2H3;6-7,13-15,24H,4-5,8-12H2,1-2H3;6-9,15-16,25H,3-5,10-14H2,1H3;5-8,14-15,24H,2-4,9-13H2,1H3;4-7,13-14,23H,2-3,8-12H2,1H3. The van der Waals surface area contributed by atoms with Crippen LogP contribution < -0.4 is 24.5 Å². The minimum Gasteiger partial charge on any atom is -0.361 e. The average molecular weight is 1860 g/mol. The van der Waals surface area contributed by atoms with E-state index < -0.39 is 0 Å². The number of H-pyrrole nitrogens is 5. The lowest BCUT2D eigenvalue weighted by atomic mass is 10.1. The van der Waals surface area contributed by atoms with Gasteiger partial charge in [-0.2, -0.15) is 0 Å². The van der Waals surface area contributed by atoms with E-state index in [4.69, 9.17) is 19.7 Å². The van der Waals surface area contributed by atoms with Gasteiger partial charge in [-0.05, 0) is 312 Å². The summed E-state index contributed by atoms with van der Waals surface area (Å²) >= 11 is 0. The number of halogens is 2. The van der Waals surface area contributed by atoms with Crippen LogP contribution in [-0.2, 0) is 32.1 Å². The Bertz CT molecular complexity index is 6590. The summed E-state index contributed by atoms with van der Waals surface area (Å²) in [6.45, 7) is 61.6. The Labute approximate surface area is 809 Å². The van der Waals surface area contributed by atoms with Crippen molar-refractivity contribution < 1.29 is 8.78 Å². The molecule has 5 aliphatic heterocycles. The summed E-state index contributed by atoms with van der Waals surface area (Å²) in [5.41, 5.74) is 21.1. The van der Waals surface area contributed by atoms with Crippen LogP contribution in [0.4, 0.5) is 55.6 Å². The van der Waals surface area contributed by atoms with Crippen LogP contribution in [0.2, 0.25) is 0 Å². The number of piperazine rings is 5. The lowest BCUT2D eigenvalue weighted by Crippen LogP contribution is -2.47. The van der Waals surface area contributed by atoms with Crippen LogP contribution in [0.25, 0.3) is 69.0 Å². The number of nitrogens with one attached hydrogen (secondary N) is 5. The molecule has 5 aromatic carbocycles. The van der Waals surface area contributed by atoms with Crippen LogP contribution in [-0.4, -0.2) is 263 Å². The molecular weight excluding hydrogens is 1730 g/mol. The second-order valence-corrected chi connectivity index (χ2v) is 37.1. The first kappa shape index (κ1) is 97.4. The smallest absolute Gasteiger partial charge is 0.225 e. The molecule has 15 aromatic rings. The first-order chi connectivity index (χ1) is 67.3. The molecule has 0 amide bonds. The summed E-state index contributed by atoms with van der Waals surface area (Å²) in [5.74, 6) is 3.95. The molecule has 0 atom stereocenters. The second-order valence-electron chi connectivity index (χ2n) is 37.1. The molecule has 138 heavy (non-hydrogen) atoms. The highest BCUT2D eigenvalue weighted by molar-refractivity contribution is 5.89. The Hall–Kier alpha value is -13.7. The molecule has 5 saturated heterocycles. The van der Waals surface area contributed by atoms with Gasteiger partial charge in [0, 0.05) is 259 Å². The maximum atomic E-state index is 13.5. The van der Waals surface area contributed by atoms with Gasteiger partial charge in [0.15, 0.2) is 17.1 Å². The number of hydrogen-bond donors (Lipinski definition) is 5. The Morgan fingerprint density at radius 1 is 0.254 bits per heavy atom. The van der Waals surface area contributed by atoms with Gasteiger partial charge in [0.25, 0.3) is 0 Å². The Balaban J connectivity index is 0.000000125. The molecule has 0 aliphatic carbocycles. The molecule has 15 heterocycles. The topological polar surface area (TPSA) is 253 Å². The van der Waals surface area contributed by atoms with Gasteiger partial charge in [-0.3, -0.25) is 24.5 Å². The van der Waals surface area contributed by atoms with Gasteiger partial charge in [0.1, 0.15) is 11.6 Å². The van der Waals surface area contributed by atoms with Crippen molar-refractivity contribution in [2.75, 3.05) is 188 Å². The summed E-state index contributed by atoms with van der Waals surface area (Å²) in [4.78, 5) is 96.3. The fourth-order valence-corrected chi connectivity index (χ4v) is 19.3. The summed E-state index contributed by atoms with van der Waals surface area (Å²) < 4.78 is 26.9. The van der Waals surface area contributed by atoms with Crippen molar-refractivity contribution in [1.82, 2.24) is 99.3 Å². The van der Waals surface area contributed by atoms with Crippen molar-refractivity contribution in [3.05, 3.63) is 284 Å². The number of nitrogens with zero attached hydrogens (tertiary/aromatic N) is 23. The number of aromatic amines is 5. The minimum atomic E-state index is -0.173. The van der Waals surface area contributed by atoms with E-state index in [1.807, 2.05) is 170 Å². The number of unbranched alkanes of at least 4 members (excludes halogenated alkanes) is 3. The van der Waals surface area contributed by atoms with Crippen LogP contribution in [0.1, 0.15) is 119 Å². The summed E-state index contributed by atoms with van der Waals surface area (Å²) in [7, 11) is 0. The largest absolute Gasteiger partial charge is 0.361 e. The van der Waals surface area contributed by atoms with E-state index in [0.717, 1.165) is 342 Å². The number of hydrogen-bond acceptors (Lipinski definition) is 20. The highest BCUT2D eigenvalue weighted by Gasteiger charge is 2.26. The van der Waals surface area contributed by atoms with Gasteiger partial charge >= 0.3 is 0 Å². The fourth-order valence-electron chi connectivity index (χ4n) is 19.3. The zero-order valence-corrected chi connectivity index (χ0v) is 81.1. The molecular formula is C108H130F2N28. The molecule has 0 unspecified atom stereocenters. The number of fused-ring (bicyclic) bond motifs is 5. The van der Waals surface area contributed by atoms with Crippen molar-refractivity contribution in [3.63, 3.8) is 0 Å². The van der Waals surface area contributed by atoms with Crippen molar-refractivity contribution in [2.24, 2.45) is 0 Å². The highest BCUT2D eigenvalue weighted by Crippen LogP contribution is 2.31. The zero-order chi connectivity index (χ0) is 95.6. The van der Waals surface area contributed by atoms with Crippen molar-refractivity contribution in [3.8, 4) is 0 Å². The average Bonchev–Trinajstić information content (AvgIpc) is 1.72. The molecule has 5 N–H and O–H groups in total. The molecule has 0 radical (unpaired) electrons. The Kier molecular flexibility index (Phi) is 33.8. The van der Waals surface area contributed by atoms with Crippen LogP contribution in [0, 0.1) is 79.8 Å². The highest BCUT2D eigenvalue weighted by atomic mass is 19.1. The third-order valence-corrected chi connectivity index (χ3v) is 27.0. The number of rotatable bonds is 28. The molecule has 0 spiro atoms. The van der Waals surface area contributed by atoms with Gasteiger partial charge in [-0.25, -0.2) is 73.2 Å². The molecule has 5 fully saturated rings. The fraction of sp³-hybridized carbons (Fsp3) is 0.417. The number of aromatic nitrogens is 15. The maximum absolute atomic E-state index is 13.5. The molecule has 5 aliphatic rings. The SMILES string of the molecule is Cc1ccnc(N2CCN(CCCCc3c[nH]c4ccc(F)cc34)CC2)n1.Cc1ccnc(N2CCN(CCCc3c[nH]c4ccc(F)cc34)CC2)n1.[C-]#[N+]c1ccc2[nH]cc(CCCCN3CCN(c4nc(C)cc(C)n4)CC3)c2c1.[C-]#[N+]c1ccc2[nH]cc(CCCCN3CCN(c4nccc(C)n4)CC3)c2c1.[C-]#[N+]c1ccc2[nH]cc(CCCN3CCN(c4nc(C)cc(C)n4)CC3)c2c1. The van der Waals surface area contributed by atoms with Gasteiger partial charge in [-0.15, -0.1) is 0 Å². The van der Waals surface area contributed by atoms with Gasteiger partial charge in [0.05, 0.1) is 19.7 Å². The molecule has 716 valence electrons. The number of benzene rings is 5. The third-order valence-electron chi connectivity index (χ3n) is 27.0. The number of anilines is 5.